The van der Waals surface area contributed by atoms with Crippen LogP contribution in [-0.2, 0) is 51.8 Å². The molecule has 10 aromatic rings. The SMILES string of the molecule is Cc1c(C#N)c(Nc2ccc(S(=O)(=O)[O-])cc2)nc(Nc2ccc(S(=O)(=O)[O-])cc2)c1N=Nc1nc(-c2ccc3ccccc3c2)c(N=Nc2ccc(N=Nc3cc(S(=O)(=O)[O-])c4cc(OS(=O)[O-])cc(S(=O)(=O)[O-])c4c3)c3ccccc23)s1.[Li+].[Li+].[Li+].[Li+].[Li+]. The number of thiazole rings is 1. The summed E-state index contributed by atoms with van der Waals surface area (Å²) in [5.74, 6) is -0.857. The first kappa shape index (κ1) is 73.5. The molecule has 0 bridgehead atoms. The summed E-state index contributed by atoms with van der Waals surface area (Å²) >= 11 is -2.32. The van der Waals surface area contributed by atoms with Gasteiger partial charge in [0.05, 0.1) is 42.2 Å². The Hall–Kier alpha value is -6.25. The Kier molecular flexibility index (Phi) is 24.6. The summed E-state index contributed by atoms with van der Waals surface area (Å²) in [6.45, 7) is 1.54. The summed E-state index contributed by atoms with van der Waals surface area (Å²) in [5, 5.41) is 44.7. The molecule has 424 valence electrons. The zero-order chi connectivity index (χ0) is 59.9. The maximum Gasteiger partial charge on any atom is 1.00 e. The third-order valence-electron chi connectivity index (χ3n) is 12.2. The van der Waals surface area contributed by atoms with Crippen LogP contribution in [0, 0.1) is 18.3 Å². The molecule has 2 aromatic heterocycles. The van der Waals surface area contributed by atoms with Crippen LogP contribution >= 0.6 is 11.3 Å². The molecule has 0 aliphatic carbocycles. The number of nitrogens with zero attached hydrogens (tertiary/aromatic N) is 9. The van der Waals surface area contributed by atoms with Crippen molar-refractivity contribution in [2.24, 2.45) is 30.7 Å². The van der Waals surface area contributed by atoms with Gasteiger partial charge in [0.1, 0.15) is 75.0 Å². The Labute approximate surface area is 573 Å². The van der Waals surface area contributed by atoms with E-state index < -0.39 is 87.9 Å². The zero-order valence-corrected chi connectivity index (χ0v) is 51.9. The van der Waals surface area contributed by atoms with Gasteiger partial charge in [-0.3, -0.25) is 0 Å². The fourth-order valence-electron chi connectivity index (χ4n) is 8.45. The minimum atomic E-state index is -5.45. The van der Waals surface area contributed by atoms with E-state index in [1.165, 1.54) is 36.4 Å². The van der Waals surface area contributed by atoms with E-state index in [0.717, 1.165) is 64.6 Å². The van der Waals surface area contributed by atoms with Gasteiger partial charge in [-0.15, -0.1) is 25.6 Å². The van der Waals surface area contributed by atoms with Crippen LogP contribution in [0.2, 0.25) is 0 Å². The predicted octanol–water partition coefficient (Wildman–Crippen LogP) is -3.61. The monoisotopic (exact) mass is 1280 g/mol. The third-order valence-corrected chi connectivity index (χ3v) is 16.9. The van der Waals surface area contributed by atoms with Gasteiger partial charge in [-0.05, 0) is 109 Å². The van der Waals surface area contributed by atoms with Gasteiger partial charge in [-0.25, -0.2) is 47.8 Å². The number of nitrogens with one attached hydrogen (secondary N) is 2. The first-order chi connectivity index (χ1) is 39.8. The number of azo groups is 3. The van der Waals surface area contributed by atoms with Crippen molar-refractivity contribution in [1.82, 2.24) is 9.97 Å². The molecule has 0 amide bonds. The van der Waals surface area contributed by atoms with Gasteiger partial charge in [0, 0.05) is 44.0 Å². The molecule has 10 rings (SSSR count). The minimum Gasteiger partial charge on any atom is -0.744 e. The maximum absolute atomic E-state index is 12.5. The molecule has 89 heavy (non-hydrogen) atoms. The second-order valence-corrected chi connectivity index (χ2v) is 24.6. The first-order valence-electron chi connectivity index (χ1n) is 23.5. The van der Waals surface area contributed by atoms with Gasteiger partial charge in [0.15, 0.2) is 16.6 Å². The summed E-state index contributed by atoms with van der Waals surface area (Å²) in [4.78, 5) is 6.23. The van der Waals surface area contributed by atoms with Crippen molar-refractivity contribution in [2.45, 2.75) is 26.5 Å². The fourth-order valence-corrected chi connectivity index (χ4v) is 11.8. The van der Waals surface area contributed by atoms with Gasteiger partial charge in [0.25, 0.3) is 0 Å². The normalized spacial score (nSPS) is 12.1. The Balaban J connectivity index is 0.00000288. The van der Waals surface area contributed by atoms with Crippen molar-refractivity contribution in [3.05, 3.63) is 163 Å². The smallest absolute Gasteiger partial charge is 0.744 e. The molecule has 0 fully saturated rings. The molecular weight excluding hydrogens is 1250 g/mol. The molecule has 0 spiro atoms. The zero-order valence-electron chi connectivity index (χ0n) is 47.0. The van der Waals surface area contributed by atoms with Crippen molar-refractivity contribution in [1.29, 1.82) is 5.26 Å². The van der Waals surface area contributed by atoms with Crippen LogP contribution in [0.25, 0.3) is 43.6 Å². The molecule has 1 atom stereocenters. The summed E-state index contributed by atoms with van der Waals surface area (Å²) in [5.41, 5.74) is 1.61. The van der Waals surface area contributed by atoms with Crippen molar-refractivity contribution in [2.75, 3.05) is 10.6 Å². The Morgan fingerprint density at radius 1 is 0.539 bits per heavy atom. The van der Waals surface area contributed by atoms with Crippen LogP contribution in [0.4, 0.5) is 55.9 Å². The van der Waals surface area contributed by atoms with E-state index in [1.807, 2.05) is 42.5 Å². The van der Waals surface area contributed by atoms with Gasteiger partial charge in [-0.1, -0.05) is 72.0 Å². The number of hydrogen-bond acceptors (Lipinski definition) is 27. The molecule has 26 nitrogen and oxygen atoms in total. The van der Waals surface area contributed by atoms with Crippen molar-refractivity contribution in [3.63, 3.8) is 0 Å². The molecular formula is C52H30Li5N11O15S6. The number of hydrogen-bond donors (Lipinski definition) is 2. The van der Waals surface area contributed by atoms with E-state index in [0.29, 0.717) is 33.8 Å². The molecule has 0 aliphatic heterocycles. The summed E-state index contributed by atoms with van der Waals surface area (Å²) in [7, 11) is -20.5. The number of fused-ring (bicyclic) bond motifs is 3. The molecule has 0 saturated carbocycles. The second-order valence-electron chi connectivity index (χ2n) is 17.6. The van der Waals surface area contributed by atoms with Gasteiger partial charge in [-0.2, -0.15) is 10.4 Å². The molecule has 1 unspecified atom stereocenters. The number of aromatic nitrogens is 2. The van der Waals surface area contributed by atoms with Gasteiger partial charge in [0.2, 0.25) is 5.13 Å². The largest absolute Gasteiger partial charge is 1.00 e. The third kappa shape index (κ3) is 17.0. The van der Waals surface area contributed by atoms with Crippen LogP contribution in [-0.4, -0.2) is 70.6 Å². The average Bonchev–Trinajstić information content (AvgIpc) is 1.36. The number of pyridine rings is 1. The van der Waals surface area contributed by atoms with Crippen LogP contribution in [0.1, 0.15) is 11.1 Å². The Morgan fingerprint density at radius 2 is 1.06 bits per heavy atom. The number of nitriles is 1. The molecule has 2 heterocycles. The molecule has 0 radical (unpaired) electrons. The van der Waals surface area contributed by atoms with Crippen molar-refractivity contribution < 1.29 is 159 Å². The minimum absolute atomic E-state index is 0. The van der Waals surface area contributed by atoms with Gasteiger partial charge < -0.3 is 37.6 Å². The van der Waals surface area contributed by atoms with E-state index in [9.17, 15) is 65.9 Å². The first-order valence-corrected chi connectivity index (χ1v) is 30.9. The molecule has 2 N–H and O–H groups in total. The summed E-state index contributed by atoms with van der Waals surface area (Å²) in [6.07, 6.45) is 0. The van der Waals surface area contributed by atoms with Crippen molar-refractivity contribution >= 4 is 151 Å². The second kappa shape index (κ2) is 29.8. The van der Waals surface area contributed by atoms with Crippen LogP contribution in [0.5, 0.6) is 5.75 Å². The molecule has 0 aliphatic rings. The topological polar surface area (TPSA) is 426 Å². The van der Waals surface area contributed by atoms with E-state index >= 15 is 0 Å². The number of anilines is 4. The van der Waals surface area contributed by atoms with Crippen molar-refractivity contribution in [3.8, 4) is 23.1 Å². The number of benzene rings is 8. The maximum atomic E-state index is 12.5. The standard InChI is InChI=1S/C52H35N11O15S6.5Li/c1-28-42(27-53)49(54-32-12-16-36(17-13-32)81(66,67)68)57-50(55-33-14-18-37(19-15-33)82(69,70)71)47(28)61-63-52-56-48(31-11-10-29-6-2-3-7-30(29)22-31)51(79-52)62-60-44-21-20-43(38-8-4-5-9-39(38)44)59-58-34-23-40-41(45(24-34)83(72,73)74)25-35(78-80(64)65)26-46(40)84(75,76)77;;;;;/h2-26H,1H3,(H,64,65)(H2,54,55,57)(H,66,67,68)(H,69,70,71)(H,72,73,74)(H,75,76,77);;;;;/q;5*+1/p-5. The molecule has 8 aromatic carbocycles. The summed E-state index contributed by atoms with van der Waals surface area (Å²) in [6, 6.07) is 37.4. The average molecular weight is 1280 g/mol. The predicted molar refractivity (Wildman–Crippen MR) is 300 cm³/mol. The summed E-state index contributed by atoms with van der Waals surface area (Å²) < 4.78 is 172. The van der Waals surface area contributed by atoms with E-state index in [-0.39, 0.29) is 156 Å². The van der Waals surface area contributed by atoms with E-state index in [4.69, 9.17) is 4.98 Å². The number of rotatable bonds is 17. The van der Waals surface area contributed by atoms with E-state index in [2.05, 4.69) is 56.6 Å². The van der Waals surface area contributed by atoms with Crippen LogP contribution in [0.15, 0.2) is 202 Å². The van der Waals surface area contributed by atoms with Gasteiger partial charge >= 0.3 is 94.3 Å². The quantitative estimate of drug-likeness (QED) is 0.0385. The Morgan fingerprint density at radius 3 is 1.60 bits per heavy atom. The van der Waals surface area contributed by atoms with Crippen LogP contribution in [0.3, 0.4) is 0 Å². The molecule has 37 heteroatoms. The Bertz CT molecular complexity index is 5030. The molecule has 0 saturated heterocycles. The van der Waals surface area contributed by atoms with Crippen LogP contribution < -0.4 is 109 Å². The van der Waals surface area contributed by atoms with E-state index in [1.54, 1.807) is 31.2 Å². The fraction of sp³-hybridized carbons (Fsp3) is 0.0192.